The Morgan fingerprint density at radius 3 is 2.62 bits per heavy atom. The van der Waals surface area contributed by atoms with Gasteiger partial charge in [0, 0.05) is 30.6 Å². The molecule has 1 spiro atoms. The Morgan fingerprint density at radius 2 is 1.88 bits per heavy atom. The molecular weight excluding hydrogens is 426 g/mol. The van der Waals surface area contributed by atoms with Gasteiger partial charge in [-0.25, -0.2) is 4.79 Å². The molecule has 1 aliphatic carbocycles. The van der Waals surface area contributed by atoms with Crippen LogP contribution in [0.3, 0.4) is 0 Å². The van der Waals surface area contributed by atoms with Crippen LogP contribution in [0.5, 0.6) is 0 Å². The van der Waals surface area contributed by atoms with Crippen LogP contribution in [-0.4, -0.2) is 84.5 Å². The first-order valence-electron chi connectivity index (χ1n) is 13.4. The fraction of sp³-hybridized carbons (Fsp3) is 0.750. The van der Waals surface area contributed by atoms with Crippen LogP contribution < -0.4 is 0 Å². The summed E-state index contributed by atoms with van der Waals surface area (Å²) < 4.78 is 11.2. The maximum Gasteiger partial charge on any atom is 0.320 e. The Morgan fingerprint density at radius 1 is 1.12 bits per heavy atom. The van der Waals surface area contributed by atoms with E-state index in [1.54, 1.807) is 0 Å². The molecule has 4 fully saturated rings. The highest BCUT2D eigenvalue weighted by Crippen LogP contribution is 2.49. The van der Waals surface area contributed by atoms with E-state index >= 15 is 0 Å². The lowest BCUT2D eigenvalue weighted by atomic mass is 9.89. The van der Waals surface area contributed by atoms with Gasteiger partial charge in [0.25, 0.3) is 0 Å². The van der Waals surface area contributed by atoms with Crippen LogP contribution in [0.25, 0.3) is 0 Å². The predicted octanol–water partition coefficient (Wildman–Crippen LogP) is 4.39. The van der Waals surface area contributed by atoms with Gasteiger partial charge in [0.2, 0.25) is 0 Å². The number of carbonyl (C=O) groups is 1. The van der Waals surface area contributed by atoms with Gasteiger partial charge in [-0.1, -0.05) is 37.3 Å². The van der Waals surface area contributed by atoms with Gasteiger partial charge in [-0.15, -0.1) is 0 Å². The van der Waals surface area contributed by atoms with Crippen molar-refractivity contribution in [3.63, 3.8) is 0 Å². The smallest absolute Gasteiger partial charge is 0.320 e. The van der Waals surface area contributed by atoms with E-state index < -0.39 is 0 Å². The maximum absolute atomic E-state index is 13.7. The highest BCUT2D eigenvalue weighted by atomic mass is 16.7. The van der Waals surface area contributed by atoms with Gasteiger partial charge < -0.3 is 24.2 Å². The largest absolute Gasteiger partial charge is 0.355 e. The summed E-state index contributed by atoms with van der Waals surface area (Å²) in [7, 11) is 0. The van der Waals surface area contributed by atoms with E-state index in [9.17, 15) is 4.79 Å². The highest BCUT2D eigenvalue weighted by molar-refractivity contribution is 5.79. The number of amides is 2. The molecule has 2 amide bonds. The van der Waals surface area contributed by atoms with Crippen molar-refractivity contribution in [2.75, 3.05) is 46.2 Å². The zero-order valence-corrected chi connectivity index (χ0v) is 21.4. The van der Waals surface area contributed by atoms with Crippen LogP contribution in [0, 0.1) is 11.3 Å². The summed E-state index contributed by atoms with van der Waals surface area (Å²) in [6.45, 7) is 12.2. The Balaban J connectivity index is 1.28. The van der Waals surface area contributed by atoms with E-state index in [1.807, 2.05) is 0 Å². The third-order valence-corrected chi connectivity index (χ3v) is 8.65. The summed E-state index contributed by atoms with van der Waals surface area (Å²) in [5.41, 5.74) is 1.28. The van der Waals surface area contributed by atoms with Crippen molar-refractivity contribution in [3.05, 3.63) is 35.9 Å². The van der Waals surface area contributed by atoms with Gasteiger partial charge in [0.05, 0.1) is 18.8 Å². The zero-order valence-electron chi connectivity index (χ0n) is 21.4. The SMILES string of the molecule is CC(C)N1C(=O)N(CC2(C)COCOC2)CC12CC1CCCN(CCCc3ccccc3)C1C2. The van der Waals surface area contributed by atoms with Gasteiger partial charge in [-0.2, -0.15) is 0 Å². The van der Waals surface area contributed by atoms with E-state index in [2.05, 4.69) is 65.8 Å². The van der Waals surface area contributed by atoms with E-state index in [0.717, 1.165) is 32.4 Å². The number of hydrogen-bond donors (Lipinski definition) is 0. The summed E-state index contributed by atoms with van der Waals surface area (Å²) in [5.74, 6) is 0.705. The lowest BCUT2D eigenvalue weighted by Crippen LogP contribution is -2.50. The second kappa shape index (κ2) is 9.79. The summed E-state index contributed by atoms with van der Waals surface area (Å²) in [5, 5.41) is 0. The topological polar surface area (TPSA) is 45.3 Å². The molecule has 188 valence electrons. The summed E-state index contributed by atoms with van der Waals surface area (Å²) in [6.07, 6.45) is 7.21. The average Bonchev–Trinajstić information content (AvgIpc) is 3.31. The molecule has 5 rings (SSSR count). The number of hydrogen-bond acceptors (Lipinski definition) is 4. The van der Waals surface area contributed by atoms with Gasteiger partial charge in [-0.3, -0.25) is 0 Å². The number of carbonyl (C=O) groups excluding carboxylic acids is 1. The molecule has 3 saturated heterocycles. The van der Waals surface area contributed by atoms with Crippen LogP contribution in [0.15, 0.2) is 30.3 Å². The Kier molecular flexibility index (Phi) is 6.93. The standard InChI is InChI=1S/C28H43N3O3/c1-22(2)31-26(32)30(17-27(3)19-33-21-34-20-27)18-28(31)15-24-12-8-14-29(25(24)16-28)13-7-11-23-9-5-4-6-10-23/h4-6,9-10,22,24-25H,7-8,11-21H2,1-3H3. The first-order chi connectivity index (χ1) is 16.4. The van der Waals surface area contributed by atoms with Gasteiger partial charge in [0.1, 0.15) is 6.79 Å². The molecule has 4 aliphatic rings. The zero-order chi connectivity index (χ0) is 23.8. The second-order valence-corrected chi connectivity index (χ2v) is 12.0. The van der Waals surface area contributed by atoms with Crippen molar-refractivity contribution in [3.8, 4) is 0 Å². The van der Waals surface area contributed by atoms with Crippen LogP contribution in [0.1, 0.15) is 58.4 Å². The molecular formula is C28H43N3O3. The first kappa shape index (κ1) is 24.1. The first-order valence-corrected chi connectivity index (χ1v) is 13.4. The molecule has 3 unspecified atom stereocenters. The number of benzene rings is 1. The third-order valence-electron chi connectivity index (χ3n) is 8.65. The van der Waals surface area contributed by atoms with Crippen molar-refractivity contribution in [1.82, 2.24) is 14.7 Å². The number of rotatable bonds is 7. The Bertz CT molecular complexity index is 841. The molecule has 1 aromatic rings. The number of urea groups is 1. The van der Waals surface area contributed by atoms with E-state index in [1.165, 1.54) is 31.4 Å². The third kappa shape index (κ3) is 4.74. The number of fused-ring (bicyclic) bond motifs is 1. The van der Waals surface area contributed by atoms with Crippen molar-refractivity contribution in [1.29, 1.82) is 0 Å². The molecule has 6 heteroatoms. The molecule has 0 N–H and O–H groups in total. The lowest BCUT2D eigenvalue weighted by Gasteiger charge is -2.38. The molecule has 0 aromatic heterocycles. The van der Waals surface area contributed by atoms with Crippen molar-refractivity contribution >= 4 is 6.03 Å². The molecule has 6 nitrogen and oxygen atoms in total. The number of nitrogens with zero attached hydrogens (tertiary/aromatic N) is 3. The van der Waals surface area contributed by atoms with Crippen molar-refractivity contribution in [2.45, 2.75) is 76.9 Å². The van der Waals surface area contributed by atoms with Crippen LogP contribution in [0.2, 0.25) is 0 Å². The second-order valence-electron chi connectivity index (χ2n) is 12.0. The quantitative estimate of drug-likeness (QED) is 0.594. The fourth-order valence-corrected chi connectivity index (χ4v) is 7.42. The molecule has 3 heterocycles. The molecule has 1 saturated carbocycles. The molecule has 0 radical (unpaired) electrons. The Hall–Kier alpha value is -1.63. The van der Waals surface area contributed by atoms with Crippen LogP contribution in [0.4, 0.5) is 4.79 Å². The van der Waals surface area contributed by atoms with E-state index in [-0.39, 0.29) is 23.0 Å². The minimum Gasteiger partial charge on any atom is -0.355 e. The lowest BCUT2D eigenvalue weighted by molar-refractivity contribution is -0.162. The van der Waals surface area contributed by atoms with Gasteiger partial charge in [0.15, 0.2) is 0 Å². The van der Waals surface area contributed by atoms with Gasteiger partial charge >= 0.3 is 6.03 Å². The Labute approximate surface area is 205 Å². The minimum absolute atomic E-state index is 0.0324. The average molecular weight is 470 g/mol. The monoisotopic (exact) mass is 469 g/mol. The van der Waals surface area contributed by atoms with Crippen LogP contribution in [-0.2, 0) is 15.9 Å². The molecule has 1 aromatic carbocycles. The normalized spacial score (nSPS) is 31.6. The predicted molar refractivity (Wildman–Crippen MR) is 134 cm³/mol. The number of piperidine rings is 1. The van der Waals surface area contributed by atoms with Crippen LogP contribution >= 0.6 is 0 Å². The molecule has 0 bridgehead atoms. The fourth-order valence-electron chi connectivity index (χ4n) is 7.42. The molecule has 3 atom stereocenters. The summed E-state index contributed by atoms with van der Waals surface area (Å²) in [6, 6.07) is 11.9. The molecule has 3 aliphatic heterocycles. The number of ether oxygens (including phenoxy) is 2. The number of aryl methyl sites for hydroxylation is 1. The van der Waals surface area contributed by atoms with E-state index in [0.29, 0.717) is 38.5 Å². The number of likely N-dealkylation sites (tertiary alicyclic amines) is 1. The summed E-state index contributed by atoms with van der Waals surface area (Å²) in [4.78, 5) is 20.8. The van der Waals surface area contributed by atoms with E-state index in [4.69, 9.17) is 9.47 Å². The summed E-state index contributed by atoms with van der Waals surface area (Å²) >= 11 is 0. The minimum atomic E-state index is -0.128. The maximum atomic E-state index is 13.7. The van der Waals surface area contributed by atoms with Crippen molar-refractivity contribution in [2.24, 2.45) is 11.3 Å². The molecule has 34 heavy (non-hydrogen) atoms. The van der Waals surface area contributed by atoms with Gasteiger partial charge in [-0.05, 0) is 76.9 Å². The van der Waals surface area contributed by atoms with Crippen molar-refractivity contribution < 1.29 is 14.3 Å². The highest BCUT2D eigenvalue weighted by Gasteiger charge is 2.58.